The van der Waals surface area contributed by atoms with Crippen LogP contribution in [0.2, 0.25) is 0 Å². The van der Waals surface area contributed by atoms with Crippen LogP contribution >= 0.6 is 35.7 Å². The van der Waals surface area contributed by atoms with Crippen LogP contribution in [0.1, 0.15) is 33.1 Å². The highest BCUT2D eigenvalue weighted by Crippen LogP contribution is 2.47. The van der Waals surface area contributed by atoms with Crippen molar-refractivity contribution in [3.05, 3.63) is 0 Å². The second-order valence-corrected chi connectivity index (χ2v) is 10.1. The molecule has 23 heavy (non-hydrogen) atoms. The van der Waals surface area contributed by atoms with Crippen molar-refractivity contribution in [2.45, 2.75) is 38.4 Å². The molecule has 1 N–H and O–H groups in total. The highest BCUT2D eigenvalue weighted by molar-refractivity contribution is 14.0. The Labute approximate surface area is 162 Å². The number of halogens is 1. The number of rotatable bonds is 6. The Bertz CT molecular complexity index is 507. The molecule has 1 unspecified atom stereocenters. The Morgan fingerprint density at radius 2 is 2.09 bits per heavy atom. The van der Waals surface area contributed by atoms with E-state index in [2.05, 4.69) is 24.1 Å². The lowest BCUT2D eigenvalue weighted by Crippen LogP contribution is -2.48. The zero-order chi connectivity index (χ0) is 16.2. The Balaban J connectivity index is 0.00000264. The molecule has 1 saturated heterocycles. The second-order valence-electron chi connectivity index (χ2n) is 6.59. The van der Waals surface area contributed by atoms with Gasteiger partial charge in [0.2, 0.25) is 0 Å². The lowest BCUT2D eigenvalue weighted by atomic mass is 10.1. The first-order valence-corrected chi connectivity index (χ1v) is 11.3. The van der Waals surface area contributed by atoms with Crippen molar-refractivity contribution in [2.75, 3.05) is 43.9 Å². The quantitative estimate of drug-likeness (QED) is 0.363. The predicted octanol–water partition coefficient (Wildman–Crippen LogP) is 2.22. The van der Waals surface area contributed by atoms with E-state index >= 15 is 0 Å². The van der Waals surface area contributed by atoms with Gasteiger partial charge in [0.1, 0.15) is 9.84 Å². The van der Waals surface area contributed by atoms with Gasteiger partial charge in [-0.1, -0.05) is 6.92 Å². The molecule has 2 rings (SSSR count). The molecule has 0 bridgehead atoms. The molecule has 0 aromatic heterocycles. The number of aliphatic imine (C=N–C) groups is 1. The van der Waals surface area contributed by atoms with Crippen LogP contribution in [0.25, 0.3) is 0 Å². The van der Waals surface area contributed by atoms with Crippen LogP contribution in [-0.4, -0.2) is 68.5 Å². The van der Waals surface area contributed by atoms with Crippen molar-refractivity contribution in [1.82, 2.24) is 10.2 Å². The summed E-state index contributed by atoms with van der Waals surface area (Å²) >= 11 is 2.04. The first-order chi connectivity index (χ1) is 10.4. The lowest BCUT2D eigenvalue weighted by molar-refractivity contribution is 0.405. The maximum Gasteiger partial charge on any atom is 0.193 e. The van der Waals surface area contributed by atoms with E-state index in [0.717, 1.165) is 44.2 Å². The third-order valence-electron chi connectivity index (χ3n) is 4.32. The fraction of sp³-hybridized carbons (Fsp3) is 0.933. The summed E-state index contributed by atoms with van der Waals surface area (Å²) < 4.78 is 23.1. The molecule has 0 amide bonds. The highest BCUT2D eigenvalue weighted by Gasteiger charge is 2.45. The van der Waals surface area contributed by atoms with Gasteiger partial charge >= 0.3 is 0 Å². The summed E-state index contributed by atoms with van der Waals surface area (Å²) in [5.74, 6) is 2.37. The second kappa shape index (κ2) is 9.12. The van der Waals surface area contributed by atoms with Gasteiger partial charge in [0.05, 0.1) is 5.75 Å². The molecule has 0 aromatic carbocycles. The molecule has 0 aromatic rings. The molecule has 1 atom stereocenters. The van der Waals surface area contributed by atoms with Crippen LogP contribution < -0.4 is 5.32 Å². The smallest absolute Gasteiger partial charge is 0.193 e. The van der Waals surface area contributed by atoms with Crippen LogP contribution in [0.3, 0.4) is 0 Å². The molecule has 1 saturated carbocycles. The predicted molar refractivity (Wildman–Crippen MR) is 111 cm³/mol. The molecular formula is C15H30IN3O2S2. The topological polar surface area (TPSA) is 61.8 Å². The Hall–Kier alpha value is 0.300. The van der Waals surface area contributed by atoms with Crippen LogP contribution in [0.4, 0.5) is 0 Å². The van der Waals surface area contributed by atoms with Crippen LogP contribution in [-0.2, 0) is 9.84 Å². The highest BCUT2D eigenvalue weighted by atomic mass is 127. The standard InChI is InChI=1S/C15H29N3O2S2.HI/c1-4-13-10-18(8-9-21-13)14(16-5-2)17-11-15(6-7-15)12-22(3,19)20;/h13H,4-12H2,1-3H3,(H,16,17);1H. The summed E-state index contributed by atoms with van der Waals surface area (Å²) in [6, 6.07) is 0. The number of guanidine groups is 1. The third-order valence-corrected chi connectivity index (χ3v) is 6.83. The number of nitrogens with zero attached hydrogens (tertiary/aromatic N) is 2. The van der Waals surface area contributed by atoms with Gasteiger partial charge in [0.15, 0.2) is 5.96 Å². The van der Waals surface area contributed by atoms with Crippen LogP contribution in [0.5, 0.6) is 0 Å². The van der Waals surface area contributed by atoms with Crippen molar-refractivity contribution < 1.29 is 8.42 Å². The molecule has 0 spiro atoms. The first-order valence-electron chi connectivity index (χ1n) is 8.20. The van der Waals surface area contributed by atoms with Crippen LogP contribution in [0, 0.1) is 5.41 Å². The average Bonchev–Trinajstić information content (AvgIpc) is 3.21. The van der Waals surface area contributed by atoms with Crippen molar-refractivity contribution in [2.24, 2.45) is 10.4 Å². The largest absolute Gasteiger partial charge is 0.357 e. The van der Waals surface area contributed by atoms with Crippen molar-refractivity contribution >= 4 is 51.5 Å². The summed E-state index contributed by atoms with van der Waals surface area (Å²) in [4.78, 5) is 7.12. The minimum absolute atomic E-state index is 0. The minimum Gasteiger partial charge on any atom is -0.357 e. The van der Waals surface area contributed by atoms with Gasteiger partial charge < -0.3 is 10.2 Å². The zero-order valence-electron chi connectivity index (χ0n) is 14.4. The summed E-state index contributed by atoms with van der Waals surface area (Å²) in [7, 11) is -2.92. The molecule has 1 aliphatic carbocycles. The van der Waals surface area contributed by atoms with E-state index in [0.29, 0.717) is 11.8 Å². The van der Waals surface area contributed by atoms with Gasteiger partial charge in [-0.25, -0.2) is 8.42 Å². The first kappa shape index (κ1) is 21.3. The van der Waals surface area contributed by atoms with Gasteiger partial charge in [-0.15, -0.1) is 24.0 Å². The van der Waals surface area contributed by atoms with Gasteiger partial charge in [-0.2, -0.15) is 11.8 Å². The third kappa shape index (κ3) is 6.97. The normalized spacial score (nSPS) is 24.0. The van der Waals surface area contributed by atoms with Gasteiger partial charge in [0.25, 0.3) is 0 Å². The molecule has 0 radical (unpaired) electrons. The van der Waals surface area contributed by atoms with E-state index in [1.54, 1.807) is 0 Å². The minimum atomic E-state index is -2.92. The van der Waals surface area contributed by atoms with Crippen molar-refractivity contribution in [3.63, 3.8) is 0 Å². The molecule has 136 valence electrons. The molecule has 2 fully saturated rings. The fourth-order valence-electron chi connectivity index (χ4n) is 2.91. The van der Waals surface area contributed by atoms with E-state index in [-0.39, 0.29) is 35.1 Å². The Kier molecular flexibility index (Phi) is 8.47. The van der Waals surface area contributed by atoms with E-state index in [9.17, 15) is 8.42 Å². The zero-order valence-corrected chi connectivity index (χ0v) is 18.3. The Morgan fingerprint density at radius 1 is 1.39 bits per heavy atom. The Morgan fingerprint density at radius 3 is 2.61 bits per heavy atom. The van der Waals surface area contributed by atoms with E-state index in [4.69, 9.17) is 4.99 Å². The van der Waals surface area contributed by atoms with Gasteiger partial charge in [-0.3, -0.25) is 4.99 Å². The number of hydrogen-bond donors (Lipinski definition) is 1. The maximum absolute atomic E-state index is 11.6. The fourth-order valence-corrected chi connectivity index (χ4v) is 5.58. The van der Waals surface area contributed by atoms with E-state index in [1.165, 1.54) is 12.7 Å². The van der Waals surface area contributed by atoms with E-state index in [1.807, 2.05) is 11.8 Å². The summed E-state index contributed by atoms with van der Waals surface area (Å²) in [5, 5.41) is 4.05. The number of thioether (sulfide) groups is 1. The summed E-state index contributed by atoms with van der Waals surface area (Å²) in [6.07, 6.45) is 4.47. The summed E-state index contributed by atoms with van der Waals surface area (Å²) in [6.45, 7) is 7.84. The average molecular weight is 475 g/mol. The van der Waals surface area contributed by atoms with E-state index < -0.39 is 9.84 Å². The van der Waals surface area contributed by atoms with Gasteiger partial charge in [-0.05, 0) is 26.2 Å². The van der Waals surface area contributed by atoms with Crippen molar-refractivity contribution in [1.29, 1.82) is 0 Å². The number of nitrogens with one attached hydrogen (secondary N) is 1. The van der Waals surface area contributed by atoms with Crippen LogP contribution in [0.15, 0.2) is 4.99 Å². The monoisotopic (exact) mass is 475 g/mol. The van der Waals surface area contributed by atoms with Crippen molar-refractivity contribution in [3.8, 4) is 0 Å². The SMILES string of the molecule is CCNC(=NCC1(CS(C)(=O)=O)CC1)N1CCSC(CC)C1.I. The lowest BCUT2D eigenvalue weighted by Gasteiger charge is -2.34. The molecule has 8 heteroatoms. The molecular weight excluding hydrogens is 445 g/mol. The summed E-state index contributed by atoms with van der Waals surface area (Å²) in [5.41, 5.74) is -0.0943. The number of sulfone groups is 1. The number of hydrogen-bond acceptors (Lipinski definition) is 4. The molecule has 2 aliphatic rings. The molecule has 1 aliphatic heterocycles. The molecule has 1 heterocycles. The maximum atomic E-state index is 11.6. The molecule has 5 nitrogen and oxygen atoms in total. The van der Waals surface area contributed by atoms with Gasteiger partial charge in [0, 0.05) is 48.9 Å².